The molecule has 0 radical (unpaired) electrons. The number of nitrogens with one attached hydrogen (secondary N) is 1. The van der Waals surface area contributed by atoms with E-state index >= 15 is 0 Å². The number of benzene rings is 2. The minimum atomic E-state index is 0.576. The molecule has 0 saturated carbocycles. The number of nitrogens with zero attached hydrogens (tertiary/aromatic N) is 1. The van der Waals surface area contributed by atoms with Crippen LogP contribution in [0.1, 0.15) is 11.1 Å². The summed E-state index contributed by atoms with van der Waals surface area (Å²) in [5.41, 5.74) is 2.75. The summed E-state index contributed by atoms with van der Waals surface area (Å²) in [6.07, 6.45) is 0. The molecule has 102 valence electrons. The minimum absolute atomic E-state index is 0.576. The van der Waals surface area contributed by atoms with E-state index in [4.69, 9.17) is 21.6 Å². The van der Waals surface area contributed by atoms with Crippen molar-refractivity contribution in [1.82, 2.24) is 0 Å². The molecule has 20 heavy (non-hydrogen) atoms. The zero-order valence-electron chi connectivity index (χ0n) is 11.0. The van der Waals surface area contributed by atoms with Gasteiger partial charge in [-0.3, -0.25) is 0 Å². The van der Waals surface area contributed by atoms with E-state index in [0.29, 0.717) is 18.8 Å². The molecule has 0 unspecified atom stereocenters. The van der Waals surface area contributed by atoms with Crippen LogP contribution in [0.5, 0.6) is 0 Å². The van der Waals surface area contributed by atoms with Crippen LogP contribution in [0, 0.1) is 11.3 Å². The van der Waals surface area contributed by atoms with Gasteiger partial charge in [0.25, 0.3) is 0 Å². The van der Waals surface area contributed by atoms with E-state index in [1.807, 2.05) is 36.4 Å². The second-order valence-corrected chi connectivity index (χ2v) is 4.73. The lowest BCUT2D eigenvalue weighted by atomic mass is 10.2. The third-order valence-corrected chi connectivity index (χ3v) is 3.02. The monoisotopic (exact) mass is 286 g/mol. The van der Waals surface area contributed by atoms with E-state index in [9.17, 15) is 0 Å². The summed E-state index contributed by atoms with van der Waals surface area (Å²) < 4.78 is 5.57. The summed E-state index contributed by atoms with van der Waals surface area (Å²) in [7, 11) is 0. The minimum Gasteiger partial charge on any atom is -0.383 e. The molecule has 0 bridgehead atoms. The molecule has 0 saturated heterocycles. The Kier molecular flexibility index (Phi) is 5.43. The predicted molar refractivity (Wildman–Crippen MR) is 80.8 cm³/mol. The standard InChI is InChI=1S/C16H15ClN2O/c17-15-5-1-14(2-6-15)12-20-10-9-19-16-7-3-13(11-18)4-8-16/h1-8,19H,9-10,12H2. The van der Waals surface area contributed by atoms with Gasteiger partial charge in [0.05, 0.1) is 24.8 Å². The Labute approximate surface area is 123 Å². The van der Waals surface area contributed by atoms with E-state index in [1.165, 1.54) is 0 Å². The first-order valence-corrected chi connectivity index (χ1v) is 6.72. The van der Waals surface area contributed by atoms with E-state index in [1.54, 1.807) is 12.1 Å². The van der Waals surface area contributed by atoms with Crippen LogP contribution in [0.4, 0.5) is 5.69 Å². The highest BCUT2D eigenvalue weighted by molar-refractivity contribution is 6.30. The summed E-state index contributed by atoms with van der Waals surface area (Å²) in [6, 6.07) is 17.1. The van der Waals surface area contributed by atoms with Gasteiger partial charge in [0.15, 0.2) is 0 Å². The van der Waals surface area contributed by atoms with E-state index in [0.717, 1.165) is 22.8 Å². The van der Waals surface area contributed by atoms with Gasteiger partial charge in [-0.25, -0.2) is 0 Å². The summed E-state index contributed by atoms with van der Waals surface area (Å²) >= 11 is 5.81. The van der Waals surface area contributed by atoms with Crippen LogP contribution in [-0.2, 0) is 11.3 Å². The first-order valence-electron chi connectivity index (χ1n) is 6.34. The van der Waals surface area contributed by atoms with Crippen molar-refractivity contribution in [2.45, 2.75) is 6.61 Å². The Morgan fingerprint density at radius 1 is 1.05 bits per heavy atom. The Bertz CT molecular complexity index is 573. The first kappa shape index (κ1) is 14.4. The van der Waals surface area contributed by atoms with Crippen molar-refractivity contribution >= 4 is 17.3 Å². The van der Waals surface area contributed by atoms with Gasteiger partial charge in [-0.1, -0.05) is 23.7 Å². The van der Waals surface area contributed by atoms with E-state index < -0.39 is 0 Å². The lowest BCUT2D eigenvalue weighted by molar-refractivity contribution is 0.130. The third-order valence-electron chi connectivity index (χ3n) is 2.77. The number of ether oxygens (including phenoxy) is 1. The molecular weight excluding hydrogens is 272 g/mol. The van der Waals surface area contributed by atoms with Crippen LogP contribution in [0.2, 0.25) is 5.02 Å². The fourth-order valence-electron chi connectivity index (χ4n) is 1.70. The summed E-state index contributed by atoms with van der Waals surface area (Å²) in [5, 5.41) is 12.7. The van der Waals surface area contributed by atoms with Crippen LogP contribution in [0.3, 0.4) is 0 Å². The molecule has 0 spiro atoms. The number of nitriles is 1. The van der Waals surface area contributed by atoms with Crippen LogP contribution in [0.25, 0.3) is 0 Å². The Morgan fingerprint density at radius 3 is 2.40 bits per heavy atom. The Hall–Kier alpha value is -2.02. The van der Waals surface area contributed by atoms with Gasteiger partial charge < -0.3 is 10.1 Å². The highest BCUT2D eigenvalue weighted by atomic mass is 35.5. The highest BCUT2D eigenvalue weighted by Crippen LogP contribution is 2.10. The van der Waals surface area contributed by atoms with Crippen molar-refractivity contribution in [2.75, 3.05) is 18.5 Å². The summed E-state index contributed by atoms with van der Waals surface area (Å²) in [4.78, 5) is 0. The molecule has 0 amide bonds. The van der Waals surface area contributed by atoms with Gasteiger partial charge in [0.1, 0.15) is 0 Å². The van der Waals surface area contributed by atoms with Gasteiger partial charge in [0, 0.05) is 17.3 Å². The zero-order chi connectivity index (χ0) is 14.2. The molecule has 2 rings (SSSR count). The van der Waals surface area contributed by atoms with Gasteiger partial charge in [-0.15, -0.1) is 0 Å². The largest absolute Gasteiger partial charge is 0.383 e. The van der Waals surface area contributed by atoms with Crippen LogP contribution >= 0.6 is 11.6 Å². The second kappa shape index (κ2) is 7.54. The molecule has 2 aromatic rings. The fraction of sp³-hybridized carbons (Fsp3) is 0.188. The number of anilines is 1. The zero-order valence-corrected chi connectivity index (χ0v) is 11.7. The van der Waals surface area contributed by atoms with Gasteiger partial charge in [-0.05, 0) is 42.0 Å². The number of hydrogen-bond donors (Lipinski definition) is 1. The number of rotatable bonds is 6. The maximum Gasteiger partial charge on any atom is 0.0991 e. The average molecular weight is 287 g/mol. The molecule has 0 aliphatic rings. The molecular formula is C16H15ClN2O. The quantitative estimate of drug-likeness (QED) is 0.821. The fourth-order valence-corrected chi connectivity index (χ4v) is 1.83. The molecule has 0 aliphatic carbocycles. The number of hydrogen-bond acceptors (Lipinski definition) is 3. The molecule has 1 N–H and O–H groups in total. The molecule has 0 aliphatic heterocycles. The first-order chi connectivity index (χ1) is 9.78. The van der Waals surface area contributed by atoms with Crippen LogP contribution < -0.4 is 5.32 Å². The number of halogens is 1. The molecule has 4 heteroatoms. The maximum absolute atomic E-state index is 8.70. The summed E-state index contributed by atoms with van der Waals surface area (Å²) in [5.74, 6) is 0. The average Bonchev–Trinajstić information content (AvgIpc) is 2.49. The molecule has 0 heterocycles. The normalized spacial score (nSPS) is 10.0. The van der Waals surface area contributed by atoms with Crippen LogP contribution in [0.15, 0.2) is 48.5 Å². The predicted octanol–water partition coefficient (Wildman–Crippen LogP) is 3.84. The smallest absolute Gasteiger partial charge is 0.0991 e. The Balaban J connectivity index is 1.66. The highest BCUT2D eigenvalue weighted by Gasteiger charge is 1.95. The van der Waals surface area contributed by atoms with Crippen LogP contribution in [-0.4, -0.2) is 13.2 Å². The van der Waals surface area contributed by atoms with Gasteiger partial charge in [-0.2, -0.15) is 5.26 Å². The van der Waals surface area contributed by atoms with E-state index in [2.05, 4.69) is 11.4 Å². The van der Waals surface area contributed by atoms with Crippen molar-refractivity contribution in [2.24, 2.45) is 0 Å². The van der Waals surface area contributed by atoms with E-state index in [-0.39, 0.29) is 0 Å². The second-order valence-electron chi connectivity index (χ2n) is 4.29. The SMILES string of the molecule is N#Cc1ccc(NCCOCc2ccc(Cl)cc2)cc1. The van der Waals surface area contributed by atoms with Crippen molar-refractivity contribution in [3.8, 4) is 6.07 Å². The maximum atomic E-state index is 8.70. The molecule has 0 fully saturated rings. The lowest BCUT2D eigenvalue weighted by Crippen LogP contribution is -2.09. The third kappa shape index (κ3) is 4.58. The Morgan fingerprint density at radius 2 is 1.75 bits per heavy atom. The van der Waals surface area contributed by atoms with Crippen molar-refractivity contribution < 1.29 is 4.74 Å². The molecule has 2 aromatic carbocycles. The van der Waals surface area contributed by atoms with Crippen molar-refractivity contribution in [3.63, 3.8) is 0 Å². The van der Waals surface area contributed by atoms with Crippen molar-refractivity contribution in [3.05, 3.63) is 64.7 Å². The lowest BCUT2D eigenvalue weighted by Gasteiger charge is -2.07. The van der Waals surface area contributed by atoms with Gasteiger partial charge in [0.2, 0.25) is 0 Å². The van der Waals surface area contributed by atoms with Crippen molar-refractivity contribution in [1.29, 1.82) is 5.26 Å². The molecule has 3 nitrogen and oxygen atoms in total. The van der Waals surface area contributed by atoms with Gasteiger partial charge >= 0.3 is 0 Å². The molecule has 0 atom stereocenters. The summed E-state index contributed by atoms with van der Waals surface area (Å²) in [6.45, 7) is 1.91. The topological polar surface area (TPSA) is 45.0 Å². The molecule has 0 aromatic heterocycles.